The summed E-state index contributed by atoms with van der Waals surface area (Å²) >= 11 is 0. The molecule has 0 bridgehead atoms. The highest BCUT2D eigenvalue weighted by molar-refractivity contribution is 5.99. The van der Waals surface area contributed by atoms with Crippen molar-refractivity contribution in [2.45, 2.75) is 51.0 Å². The van der Waals surface area contributed by atoms with E-state index in [1.807, 2.05) is 0 Å². The fraction of sp³-hybridized carbons (Fsp3) is 0.385. The van der Waals surface area contributed by atoms with Gasteiger partial charge in [0.05, 0.1) is 30.9 Å². The van der Waals surface area contributed by atoms with Crippen molar-refractivity contribution in [1.82, 2.24) is 14.8 Å². The van der Waals surface area contributed by atoms with Crippen LogP contribution in [0.1, 0.15) is 56.7 Å². The molecule has 8 heteroatoms. The fourth-order valence-corrected chi connectivity index (χ4v) is 5.12. The van der Waals surface area contributed by atoms with Gasteiger partial charge in [-0.2, -0.15) is 5.10 Å². The molecule has 0 radical (unpaired) electrons. The average Bonchev–Trinajstić information content (AvgIpc) is 3.40. The molecule has 34 heavy (non-hydrogen) atoms. The Hall–Kier alpha value is -3.39. The van der Waals surface area contributed by atoms with Crippen LogP contribution >= 0.6 is 0 Å². The van der Waals surface area contributed by atoms with E-state index in [9.17, 15) is 14.3 Å². The summed E-state index contributed by atoms with van der Waals surface area (Å²) in [4.78, 5) is 11.7. The topological polar surface area (TPSA) is 89.4 Å². The van der Waals surface area contributed by atoms with E-state index in [4.69, 9.17) is 9.47 Å². The number of H-pyrrole nitrogens is 1. The van der Waals surface area contributed by atoms with E-state index >= 15 is 0 Å². The van der Waals surface area contributed by atoms with Gasteiger partial charge in [0.15, 0.2) is 17.2 Å². The van der Waals surface area contributed by atoms with E-state index in [0.29, 0.717) is 19.4 Å². The van der Waals surface area contributed by atoms with Crippen molar-refractivity contribution in [1.29, 1.82) is 0 Å². The zero-order chi connectivity index (χ0) is 24.2. The third-order valence-electron chi connectivity index (χ3n) is 6.98. The minimum atomic E-state index is -1.17. The highest BCUT2D eigenvalue weighted by atomic mass is 19.1. The van der Waals surface area contributed by atoms with E-state index in [2.05, 4.69) is 40.7 Å². The summed E-state index contributed by atoms with van der Waals surface area (Å²) in [5.41, 5.74) is 3.76. The van der Waals surface area contributed by atoms with Crippen LogP contribution in [0.15, 0.2) is 36.5 Å². The van der Waals surface area contributed by atoms with Gasteiger partial charge in [-0.25, -0.2) is 9.18 Å². The Balaban J connectivity index is 1.77. The molecule has 3 heterocycles. The third-order valence-corrected chi connectivity index (χ3v) is 6.98. The summed E-state index contributed by atoms with van der Waals surface area (Å²) in [7, 11) is 1.46. The second-order valence-corrected chi connectivity index (χ2v) is 9.52. The number of nitrogens with one attached hydrogen (secondary N) is 1. The molecular formula is C26H28FN3O4. The Morgan fingerprint density at radius 3 is 2.79 bits per heavy atom. The summed E-state index contributed by atoms with van der Waals surface area (Å²) in [6.07, 6.45) is 2.90. The van der Waals surface area contributed by atoms with Gasteiger partial charge in [0.1, 0.15) is 0 Å². The highest BCUT2D eigenvalue weighted by Crippen LogP contribution is 2.44. The van der Waals surface area contributed by atoms with Gasteiger partial charge in [-0.15, -0.1) is 0 Å². The molecule has 1 aliphatic heterocycles. The van der Waals surface area contributed by atoms with Crippen LogP contribution in [0.25, 0.3) is 27.5 Å². The number of methoxy groups -OCH3 is 1. The number of rotatable bonds is 5. The first kappa shape index (κ1) is 22.4. The third kappa shape index (κ3) is 3.44. The number of hydrogen-bond donors (Lipinski definition) is 2. The van der Waals surface area contributed by atoms with Gasteiger partial charge in [0.2, 0.25) is 0 Å². The van der Waals surface area contributed by atoms with Crippen LogP contribution in [0.2, 0.25) is 0 Å². The maximum Gasteiger partial charge on any atom is 0.335 e. The lowest BCUT2D eigenvalue weighted by Gasteiger charge is -2.35. The predicted octanol–water partition coefficient (Wildman–Crippen LogP) is 5.52. The standard InChI is InChI=1S/C26H28FN3O4/c1-14(2)24-23(15-7-8-26(3,25(31)32)34-13-15)18-11-20-16(12-28-29-20)9-21(18)30(24)17-5-6-19(27)22(10-17)33-4/h5-6,9-12,14-15H,7-8,13H2,1-4H3,(H,28,29)(H,31,32)/t15?,26-/m0/s1. The first-order valence-corrected chi connectivity index (χ1v) is 11.5. The molecule has 2 aromatic carbocycles. The number of hydrogen-bond acceptors (Lipinski definition) is 4. The summed E-state index contributed by atoms with van der Waals surface area (Å²) in [5, 5.41) is 18.9. The van der Waals surface area contributed by atoms with Crippen molar-refractivity contribution in [2.24, 2.45) is 0 Å². The summed E-state index contributed by atoms with van der Waals surface area (Å²) in [5.74, 6) is -1.01. The van der Waals surface area contributed by atoms with Crippen molar-refractivity contribution >= 4 is 27.8 Å². The number of halogens is 1. The van der Waals surface area contributed by atoms with Gasteiger partial charge in [0.25, 0.3) is 0 Å². The fourth-order valence-electron chi connectivity index (χ4n) is 5.12. The van der Waals surface area contributed by atoms with Gasteiger partial charge in [-0.3, -0.25) is 5.10 Å². The van der Waals surface area contributed by atoms with Gasteiger partial charge >= 0.3 is 5.97 Å². The number of aromatic amines is 1. The zero-order valence-corrected chi connectivity index (χ0v) is 19.7. The predicted molar refractivity (Wildman–Crippen MR) is 127 cm³/mol. The van der Waals surface area contributed by atoms with E-state index < -0.39 is 17.4 Å². The van der Waals surface area contributed by atoms with Gasteiger partial charge in [-0.1, -0.05) is 13.8 Å². The van der Waals surface area contributed by atoms with Crippen LogP contribution in [0.5, 0.6) is 5.75 Å². The molecule has 7 nitrogen and oxygen atoms in total. The van der Waals surface area contributed by atoms with Crippen LogP contribution in [0.4, 0.5) is 4.39 Å². The normalized spacial score (nSPS) is 20.9. The SMILES string of the molecule is COc1cc(-n2c(C(C)C)c(C3CC[C@@](C)(C(=O)O)OC3)c3cc4[nH]ncc4cc32)ccc1F. The first-order chi connectivity index (χ1) is 16.2. The molecule has 2 N–H and O–H groups in total. The maximum absolute atomic E-state index is 14.2. The van der Waals surface area contributed by atoms with Crippen LogP contribution in [0, 0.1) is 5.82 Å². The number of aromatic nitrogens is 3. The number of ether oxygens (including phenoxy) is 2. The quantitative estimate of drug-likeness (QED) is 0.405. The molecule has 2 atom stereocenters. The molecule has 0 spiro atoms. The molecule has 1 saturated heterocycles. The number of carbonyl (C=O) groups is 1. The van der Waals surface area contributed by atoms with Crippen LogP contribution in [-0.4, -0.2) is 45.2 Å². The van der Waals surface area contributed by atoms with Crippen molar-refractivity contribution < 1.29 is 23.8 Å². The van der Waals surface area contributed by atoms with Crippen LogP contribution in [0.3, 0.4) is 0 Å². The first-order valence-electron chi connectivity index (χ1n) is 11.5. The Bertz CT molecular complexity index is 1400. The minimum absolute atomic E-state index is 0.0243. The molecule has 1 aliphatic rings. The van der Waals surface area contributed by atoms with Gasteiger partial charge in [-0.05, 0) is 55.5 Å². The minimum Gasteiger partial charge on any atom is -0.494 e. The number of aliphatic carboxylic acids is 1. The maximum atomic E-state index is 14.2. The number of nitrogens with zero attached hydrogens (tertiary/aromatic N) is 2. The molecule has 0 amide bonds. The summed E-state index contributed by atoms with van der Waals surface area (Å²) in [6.45, 7) is 6.22. The summed E-state index contributed by atoms with van der Waals surface area (Å²) < 4.78 is 27.6. The molecule has 1 unspecified atom stereocenters. The molecule has 4 aromatic rings. The number of benzene rings is 2. The number of carboxylic acid groups (broad SMARTS) is 1. The molecule has 0 aliphatic carbocycles. The highest BCUT2D eigenvalue weighted by Gasteiger charge is 2.41. The van der Waals surface area contributed by atoms with Crippen molar-refractivity contribution in [3.8, 4) is 11.4 Å². The van der Waals surface area contributed by atoms with Crippen LogP contribution in [-0.2, 0) is 9.53 Å². The zero-order valence-electron chi connectivity index (χ0n) is 19.7. The average molecular weight is 466 g/mol. The molecule has 5 rings (SSSR count). The van der Waals surface area contributed by atoms with E-state index in [0.717, 1.165) is 38.8 Å². The lowest BCUT2D eigenvalue weighted by Crippen LogP contribution is -2.43. The van der Waals surface area contributed by atoms with Crippen molar-refractivity contribution in [3.05, 3.63) is 53.6 Å². The van der Waals surface area contributed by atoms with Crippen molar-refractivity contribution in [3.63, 3.8) is 0 Å². The smallest absolute Gasteiger partial charge is 0.335 e. The Kier molecular flexibility index (Phi) is 5.36. The van der Waals surface area contributed by atoms with E-state index in [1.54, 1.807) is 25.3 Å². The largest absolute Gasteiger partial charge is 0.494 e. The van der Waals surface area contributed by atoms with Gasteiger partial charge in [0, 0.05) is 34.1 Å². The molecule has 178 valence electrons. The lowest BCUT2D eigenvalue weighted by atomic mass is 9.83. The van der Waals surface area contributed by atoms with Gasteiger partial charge < -0.3 is 19.1 Å². The number of fused-ring (bicyclic) bond motifs is 2. The molecule has 0 saturated carbocycles. The molecule has 2 aromatic heterocycles. The Labute approximate surface area is 196 Å². The second-order valence-electron chi connectivity index (χ2n) is 9.52. The Morgan fingerprint density at radius 1 is 1.35 bits per heavy atom. The Morgan fingerprint density at radius 2 is 2.15 bits per heavy atom. The second kappa shape index (κ2) is 8.13. The lowest BCUT2D eigenvalue weighted by molar-refractivity contribution is -0.170. The van der Waals surface area contributed by atoms with E-state index in [1.165, 1.54) is 13.2 Å². The summed E-state index contributed by atoms with van der Waals surface area (Å²) in [6, 6.07) is 9.07. The molecular weight excluding hydrogens is 437 g/mol. The monoisotopic (exact) mass is 465 g/mol. The van der Waals surface area contributed by atoms with Crippen molar-refractivity contribution in [2.75, 3.05) is 13.7 Å². The number of carboxylic acids is 1. The van der Waals surface area contributed by atoms with Crippen LogP contribution < -0.4 is 4.74 Å². The van der Waals surface area contributed by atoms with E-state index in [-0.39, 0.29) is 17.6 Å². The molecule has 1 fully saturated rings.